The molecule has 1 aliphatic rings. The van der Waals surface area contributed by atoms with Crippen molar-refractivity contribution in [1.82, 2.24) is 5.32 Å². The van der Waals surface area contributed by atoms with Crippen molar-refractivity contribution in [3.05, 3.63) is 0 Å². The predicted octanol–water partition coefficient (Wildman–Crippen LogP) is 0.798. The molecule has 1 rings (SSSR count). The van der Waals surface area contributed by atoms with E-state index in [1.165, 1.54) is 24.3 Å². The van der Waals surface area contributed by atoms with Crippen LogP contribution in [0.4, 0.5) is 4.79 Å². The zero-order valence-corrected chi connectivity index (χ0v) is 7.32. The average Bonchev–Trinajstić information content (AvgIpc) is 2.03. The van der Waals surface area contributed by atoms with E-state index in [1.807, 2.05) is 11.8 Å². The van der Waals surface area contributed by atoms with E-state index in [4.69, 9.17) is 5.73 Å². The molecule has 0 aliphatic carbocycles. The van der Waals surface area contributed by atoms with Gasteiger partial charge < -0.3 is 11.1 Å². The maximum absolute atomic E-state index is 10.3. The van der Waals surface area contributed by atoms with Crippen LogP contribution >= 0.6 is 11.8 Å². The Bertz CT molecular complexity index is 134. The second-order valence-corrected chi connectivity index (χ2v) is 3.98. The second kappa shape index (κ2) is 4.49. The van der Waals surface area contributed by atoms with E-state index in [-0.39, 0.29) is 0 Å². The summed E-state index contributed by atoms with van der Waals surface area (Å²) in [6.07, 6.45) is 2.50. The van der Waals surface area contributed by atoms with Gasteiger partial charge in [0.25, 0.3) is 0 Å². The molecule has 1 atom stereocenters. The van der Waals surface area contributed by atoms with Gasteiger partial charge in [0.05, 0.1) is 0 Å². The number of amides is 2. The highest BCUT2D eigenvalue weighted by Gasteiger charge is 2.13. The van der Waals surface area contributed by atoms with Crippen molar-refractivity contribution >= 4 is 17.8 Å². The van der Waals surface area contributed by atoms with Crippen molar-refractivity contribution in [2.45, 2.75) is 12.8 Å². The van der Waals surface area contributed by atoms with Crippen molar-refractivity contribution in [2.24, 2.45) is 11.7 Å². The molecular weight excluding hydrogens is 160 g/mol. The summed E-state index contributed by atoms with van der Waals surface area (Å²) in [5, 5.41) is 2.64. The minimum Gasteiger partial charge on any atom is -0.352 e. The van der Waals surface area contributed by atoms with E-state index in [0.29, 0.717) is 5.92 Å². The van der Waals surface area contributed by atoms with Gasteiger partial charge in [-0.15, -0.1) is 0 Å². The molecule has 64 valence electrons. The minimum atomic E-state index is -0.402. The zero-order valence-electron chi connectivity index (χ0n) is 6.51. The number of primary amides is 1. The van der Waals surface area contributed by atoms with Gasteiger partial charge in [-0.3, -0.25) is 0 Å². The van der Waals surface area contributed by atoms with E-state index in [9.17, 15) is 4.79 Å². The third kappa shape index (κ3) is 3.51. The quantitative estimate of drug-likeness (QED) is 0.650. The first-order valence-corrected chi connectivity index (χ1v) is 5.05. The number of carbonyl (C=O) groups excluding carboxylic acids is 1. The summed E-state index contributed by atoms with van der Waals surface area (Å²) >= 11 is 1.96. The van der Waals surface area contributed by atoms with E-state index in [1.54, 1.807) is 0 Å². The van der Waals surface area contributed by atoms with Gasteiger partial charge in [-0.05, 0) is 30.3 Å². The van der Waals surface area contributed by atoms with Crippen LogP contribution in [0.2, 0.25) is 0 Å². The number of urea groups is 1. The molecule has 0 spiro atoms. The molecule has 0 aromatic rings. The molecule has 1 heterocycles. The Morgan fingerprint density at radius 1 is 1.73 bits per heavy atom. The molecule has 2 amide bonds. The molecule has 3 nitrogen and oxygen atoms in total. The summed E-state index contributed by atoms with van der Waals surface area (Å²) in [5.74, 6) is 3.08. The number of hydrogen-bond donors (Lipinski definition) is 2. The molecule has 4 heteroatoms. The first-order chi connectivity index (χ1) is 5.29. The Hall–Kier alpha value is -0.380. The van der Waals surface area contributed by atoms with E-state index in [2.05, 4.69) is 5.32 Å². The first-order valence-electron chi connectivity index (χ1n) is 3.90. The highest BCUT2D eigenvalue weighted by molar-refractivity contribution is 7.99. The molecule has 3 N–H and O–H groups in total. The maximum atomic E-state index is 10.3. The lowest BCUT2D eigenvalue weighted by molar-refractivity contribution is 0.247. The Balaban J connectivity index is 2.09. The number of carbonyl (C=O) groups is 1. The molecular formula is C7H14N2OS. The Labute approximate surface area is 71.1 Å². The summed E-state index contributed by atoms with van der Waals surface area (Å²) in [4.78, 5) is 10.3. The number of hydrogen-bond acceptors (Lipinski definition) is 2. The standard InChI is InChI=1S/C7H14N2OS/c8-7(10)9-4-6-2-1-3-11-5-6/h6H,1-5H2,(H3,8,9,10). The predicted molar refractivity (Wildman–Crippen MR) is 47.6 cm³/mol. The number of thioether (sulfide) groups is 1. The van der Waals surface area contributed by atoms with Crippen LogP contribution in [-0.2, 0) is 0 Å². The van der Waals surface area contributed by atoms with Gasteiger partial charge in [0, 0.05) is 6.54 Å². The number of nitrogens with one attached hydrogen (secondary N) is 1. The van der Waals surface area contributed by atoms with E-state index in [0.717, 1.165) is 6.54 Å². The smallest absolute Gasteiger partial charge is 0.312 e. The molecule has 0 bridgehead atoms. The normalized spacial score (nSPS) is 24.5. The van der Waals surface area contributed by atoms with Crippen molar-refractivity contribution in [2.75, 3.05) is 18.1 Å². The first kappa shape index (κ1) is 8.71. The third-order valence-electron chi connectivity index (χ3n) is 1.82. The highest BCUT2D eigenvalue weighted by Crippen LogP contribution is 2.21. The van der Waals surface area contributed by atoms with Crippen molar-refractivity contribution < 1.29 is 4.79 Å². The van der Waals surface area contributed by atoms with Gasteiger partial charge in [0.2, 0.25) is 0 Å². The Morgan fingerprint density at radius 3 is 3.09 bits per heavy atom. The van der Waals surface area contributed by atoms with Crippen molar-refractivity contribution in [3.63, 3.8) is 0 Å². The fourth-order valence-electron chi connectivity index (χ4n) is 1.21. The number of nitrogens with two attached hydrogens (primary N) is 1. The van der Waals surface area contributed by atoms with Gasteiger partial charge in [-0.1, -0.05) is 0 Å². The van der Waals surface area contributed by atoms with Gasteiger partial charge in [-0.2, -0.15) is 11.8 Å². The van der Waals surface area contributed by atoms with Crippen LogP contribution in [0.15, 0.2) is 0 Å². The van der Waals surface area contributed by atoms with Crippen LogP contribution in [0, 0.1) is 5.92 Å². The van der Waals surface area contributed by atoms with Crippen molar-refractivity contribution in [3.8, 4) is 0 Å². The van der Waals surface area contributed by atoms with Crippen LogP contribution in [0.5, 0.6) is 0 Å². The molecule has 1 aliphatic heterocycles. The van der Waals surface area contributed by atoms with Gasteiger partial charge in [-0.25, -0.2) is 4.79 Å². The zero-order chi connectivity index (χ0) is 8.10. The average molecular weight is 174 g/mol. The fraction of sp³-hybridized carbons (Fsp3) is 0.857. The molecule has 0 aromatic carbocycles. The lowest BCUT2D eigenvalue weighted by Crippen LogP contribution is -2.35. The van der Waals surface area contributed by atoms with Crippen LogP contribution in [0.3, 0.4) is 0 Å². The largest absolute Gasteiger partial charge is 0.352 e. The third-order valence-corrected chi connectivity index (χ3v) is 3.10. The van der Waals surface area contributed by atoms with E-state index < -0.39 is 6.03 Å². The summed E-state index contributed by atoms with van der Waals surface area (Å²) < 4.78 is 0. The van der Waals surface area contributed by atoms with E-state index >= 15 is 0 Å². The molecule has 0 radical (unpaired) electrons. The van der Waals surface area contributed by atoms with Gasteiger partial charge in [0.1, 0.15) is 0 Å². The summed E-state index contributed by atoms with van der Waals surface area (Å²) in [6.45, 7) is 0.752. The summed E-state index contributed by atoms with van der Waals surface area (Å²) in [5.41, 5.74) is 4.95. The van der Waals surface area contributed by atoms with Crippen molar-refractivity contribution in [1.29, 1.82) is 0 Å². The lowest BCUT2D eigenvalue weighted by atomic mass is 10.1. The Morgan fingerprint density at radius 2 is 2.55 bits per heavy atom. The maximum Gasteiger partial charge on any atom is 0.312 e. The SMILES string of the molecule is NC(=O)NCC1CCCSC1. The highest BCUT2D eigenvalue weighted by atomic mass is 32.2. The molecule has 11 heavy (non-hydrogen) atoms. The summed E-state index contributed by atoms with van der Waals surface area (Å²) in [6, 6.07) is -0.402. The topological polar surface area (TPSA) is 55.1 Å². The summed E-state index contributed by atoms with van der Waals surface area (Å²) in [7, 11) is 0. The molecule has 0 aromatic heterocycles. The Kier molecular flexibility index (Phi) is 3.56. The van der Waals surface area contributed by atoms with Crippen LogP contribution < -0.4 is 11.1 Å². The molecule has 1 fully saturated rings. The lowest BCUT2D eigenvalue weighted by Gasteiger charge is -2.20. The fourth-order valence-corrected chi connectivity index (χ4v) is 2.37. The van der Waals surface area contributed by atoms with Crippen LogP contribution in [0.1, 0.15) is 12.8 Å². The minimum absolute atomic E-state index is 0.402. The van der Waals surface area contributed by atoms with Gasteiger partial charge in [0.15, 0.2) is 0 Å². The molecule has 1 saturated heterocycles. The molecule has 1 unspecified atom stereocenters. The van der Waals surface area contributed by atoms with Gasteiger partial charge >= 0.3 is 6.03 Å². The number of rotatable bonds is 2. The van der Waals surface area contributed by atoms with Crippen LogP contribution in [0.25, 0.3) is 0 Å². The monoisotopic (exact) mass is 174 g/mol. The second-order valence-electron chi connectivity index (χ2n) is 2.83. The molecule has 0 saturated carbocycles. The van der Waals surface area contributed by atoms with Crippen LogP contribution in [-0.4, -0.2) is 24.1 Å².